The summed E-state index contributed by atoms with van der Waals surface area (Å²) in [6.45, 7) is 9.53. The average molecular weight is 575 g/mol. The number of pyridine rings is 1. The SMILES string of the molecule is CC(C)(C)OC(=O)N1CCC(C2CCN(C3c4ncccc4CCc4cc(Cl)cc(Br)c43)CC2)CC1. The molecule has 2 saturated heterocycles. The largest absolute Gasteiger partial charge is 0.444 e. The number of piperidine rings is 2. The fraction of sp³-hybridized carbons (Fsp3) is 0.586. The highest BCUT2D eigenvalue weighted by Crippen LogP contribution is 2.43. The topological polar surface area (TPSA) is 45.7 Å². The molecule has 3 heterocycles. The van der Waals surface area contributed by atoms with Crippen molar-refractivity contribution < 1.29 is 9.53 Å². The van der Waals surface area contributed by atoms with Gasteiger partial charge >= 0.3 is 6.09 Å². The van der Waals surface area contributed by atoms with Crippen LogP contribution >= 0.6 is 27.5 Å². The van der Waals surface area contributed by atoms with Crippen molar-refractivity contribution in [3.05, 3.63) is 62.3 Å². The summed E-state index contributed by atoms with van der Waals surface area (Å²) in [6, 6.07) is 8.63. The zero-order chi connectivity index (χ0) is 25.4. The van der Waals surface area contributed by atoms with Crippen LogP contribution in [-0.4, -0.2) is 52.7 Å². The lowest BCUT2D eigenvalue weighted by atomic mass is 9.78. The van der Waals surface area contributed by atoms with E-state index in [1.165, 1.54) is 35.2 Å². The number of rotatable bonds is 2. The minimum absolute atomic E-state index is 0.153. The Kier molecular flexibility index (Phi) is 7.67. The van der Waals surface area contributed by atoms with E-state index < -0.39 is 5.60 Å². The van der Waals surface area contributed by atoms with E-state index in [1.54, 1.807) is 0 Å². The molecule has 0 N–H and O–H groups in total. The van der Waals surface area contributed by atoms with Crippen molar-refractivity contribution in [1.82, 2.24) is 14.8 Å². The molecule has 1 atom stereocenters. The number of ether oxygens (including phenoxy) is 1. The molecule has 194 valence electrons. The third-order valence-corrected chi connectivity index (χ3v) is 8.97. The summed E-state index contributed by atoms with van der Waals surface area (Å²) in [5.41, 5.74) is 4.77. The Morgan fingerprint density at radius 1 is 1.03 bits per heavy atom. The summed E-state index contributed by atoms with van der Waals surface area (Å²) < 4.78 is 6.67. The Balaban J connectivity index is 1.28. The molecule has 2 aliphatic heterocycles. The number of amides is 1. The predicted molar refractivity (Wildman–Crippen MR) is 147 cm³/mol. The molecule has 1 unspecified atom stereocenters. The molecular formula is C29H37BrClN3O2. The molecule has 1 amide bonds. The molecule has 2 fully saturated rings. The van der Waals surface area contributed by atoms with Crippen molar-refractivity contribution in [3.63, 3.8) is 0 Å². The van der Waals surface area contributed by atoms with Crippen LogP contribution in [0.3, 0.4) is 0 Å². The van der Waals surface area contributed by atoms with E-state index in [1.807, 2.05) is 37.9 Å². The van der Waals surface area contributed by atoms with Crippen LogP contribution in [0, 0.1) is 11.8 Å². The predicted octanol–water partition coefficient (Wildman–Crippen LogP) is 7.04. The second-order valence-corrected chi connectivity index (χ2v) is 12.9. The fourth-order valence-corrected chi connectivity index (χ4v) is 7.44. The first-order chi connectivity index (χ1) is 17.2. The maximum absolute atomic E-state index is 12.5. The quantitative estimate of drug-likeness (QED) is 0.386. The molecule has 1 aromatic carbocycles. The van der Waals surface area contributed by atoms with E-state index >= 15 is 0 Å². The summed E-state index contributed by atoms with van der Waals surface area (Å²) in [5, 5.41) is 0.787. The monoisotopic (exact) mass is 573 g/mol. The lowest BCUT2D eigenvalue weighted by Gasteiger charge is -2.42. The van der Waals surface area contributed by atoms with Crippen molar-refractivity contribution >= 4 is 33.6 Å². The highest BCUT2D eigenvalue weighted by Gasteiger charge is 2.37. The Morgan fingerprint density at radius 2 is 1.67 bits per heavy atom. The minimum atomic E-state index is -0.439. The summed E-state index contributed by atoms with van der Waals surface area (Å²) in [7, 11) is 0. The number of aryl methyl sites for hydroxylation is 2. The zero-order valence-corrected chi connectivity index (χ0v) is 23.9. The van der Waals surface area contributed by atoms with Gasteiger partial charge in [-0.05, 0) is 119 Å². The lowest BCUT2D eigenvalue weighted by Crippen LogP contribution is -2.45. The molecule has 1 aromatic heterocycles. The van der Waals surface area contributed by atoms with Gasteiger partial charge in [0.1, 0.15) is 5.60 Å². The molecule has 7 heteroatoms. The molecule has 5 rings (SSSR count). The molecule has 1 aliphatic carbocycles. The van der Waals surface area contributed by atoms with Crippen molar-refractivity contribution in [2.75, 3.05) is 26.2 Å². The first kappa shape index (κ1) is 26.0. The number of benzene rings is 1. The van der Waals surface area contributed by atoms with Crippen LogP contribution in [-0.2, 0) is 17.6 Å². The molecule has 0 saturated carbocycles. The van der Waals surface area contributed by atoms with Gasteiger partial charge in [0.25, 0.3) is 0 Å². The highest BCUT2D eigenvalue weighted by atomic mass is 79.9. The third kappa shape index (κ3) is 5.61. The molecule has 5 nitrogen and oxygen atoms in total. The minimum Gasteiger partial charge on any atom is -0.444 e. The Labute approximate surface area is 228 Å². The van der Waals surface area contributed by atoms with E-state index in [0.29, 0.717) is 11.8 Å². The van der Waals surface area contributed by atoms with Crippen LogP contribution in [0.4, 0.5) is 4.79 Å². The van der Waals surface area contributed by atoms with Crippen molar-refractivity contribution in [2.45, 2.75) is 70.9 Å². The number of halogens is 2. The third-order valence-electron chi connectivity index (χ3n) is 8.10. The molecule has 0 bridgehead atoms. The number of likely N-dealkylation sites (tertiary alicyclic amines) is 2. The van der Waals surface area contributed by atoms with Crippen LogP contribution in [0.5, 0.6) is 0 Å². The van der Waals surface area contributed by atoms with E-state index in [2.05, 4.69) is 39.0 Å². The van der Waals surface area contributed by atoms with Gasteiger partial charge in [0.2, 0.25) is 0 Å². The summed E-state index contributed by atoms with van der Waals surface area (Å²) in [6.07, 6.45) is 8.27. The second kappa shape index (κ2) is 10.6. The number of aromatic nitrogens is 1. The molecule has 2 aromatic rings. The van der Waals surface area contributed by atoms with Gasteiger partial charge in [-0.15, -0.1) is 0 Å². The first-order valence-corrected chi connectivity index (χ1v) is 14.5. The van der Waals surface area contributed by atoms with Crippen molar-refractivity contribution in [1.29, 1.82) is 0 Å². The van der Waals surface area contributed by atoms with E-state index in [9.17, 15) is 4.79 Å². The number of fused-ring (bicyclic) bond motifs is 2. The Bertz CT molecular complexity index is 1100. The van der Waals surface area contributed by atoms with Gasteiger partial charge in [0, 0.05) is 28.8 Å². The van der Waals surface area contributed by atoms with Gasteiger partial charge in [-0.1, -0.05) is 33.6 Å². The molecule has 3 aliphatic rings. The van der Waals surface area contributed by atoms with Gasteiger partial charge in [0.05, 0.1) is 11.7 Å². The normalized spacial score (nSPS) is 22.0. The van der Waals surface area contributed by atoms with Crippen LogP contribution in [0.15, 0.2) is 34.9 Å². The molecule has 0 spiro atoms. The van der Waals surface area contributed by atoms with Crippen LogP contribution < -0.4 is 0 Å². The number of carbonyl (C=O) groups excluding carboxylic acids is 1. The van der Waals surface area contributed by atoms with Crippen LogP contribution in [0.2, 0.25) is 5.02 Å². The number of hydrogen-bond donors (Lipinski definition) is 0. The molecular weight excluding hydrogens is 538 g/mol. The van der Waals surface area contributed by atoms with Gasteiger partial charge < -0.3 is 9.64 Å². The second-order valence-electron chi connectivity index (χ2n) is 11.6. The van der Waals surface area contributed by atoms with Crippen molar-refractivity contribution in [2.24, 2.45) is 11.8 Å². The van der Waals surface area contributed by atoms with Gasteiger partial charge in [-0.2, -0.15) is 0 Å². The summed E-state index contributed by atoms with van der Waals surface area (Å²) in [4.78, 5) is 21.9. The standard InChI is InChI=1S/C29H37BrClN3O2/c1-29(2,3)36-28(35)34-15-10-20(11-16-34)19-8-13-33(14-9-19)27-25-22(17-23(31)18-24(25)30)7-6-21-5-4-12-32-26(21)27/h4-5,12,17-20,27H,6-11,13-16H2,1-3H3. The number of hydrogen-bond acceptors (Lipinski definition) is 4. The fourth-order valence-electron chi connectivity index (χ4n) is 6.35. The summed E-state index contributed by atoms with van der Waals surface area (Å²) >= 11 is 10.3. The molecule has 36 heavy (non-hydrogen) atoms. The van der Waals surface area contributed by atoms with E-state index in [4.69, 9.17) is 21.3 Å². The summed E-state index contributed by atoms with van der Waals surface area (Å²) in [5.74, 6) is 1.40. The maximum atomic E-state index is 12.5. The smallest absolute Gasteiger partial charge is 0.410 e. The average Bonchev–Trinajstić information content (AvgIpc) is 3.00. The van der Waals surface area contributed by atoms with Crippen LogP contribution in [0.1, 0.15) is 74.9 Å². The highest BCUT2D eigenvalue weighted by molar-refractivity contribution is 9.10. The lowest BCUT2D eigenvalue weighted by molar-refractivity contribution is 0.0129. The maximum Gasteiger partial charge on any atom is 0.410 e. The van der Waals surface area contributed by atoms with Gasteiger partial charge in [-0.3, -0.25) is 9.88 Å². The number of nitrogens with zero attached hydrogens (tertiary/aromatic N) is 3. The van der Waals surface area contributed by atoms with Crippen LogP contribution in [0.25, 0.3) is 0 Å². The van der Waals surface area contributed by atoms with Gasteiger partial charge in [-0.25, -0.2) is 4.79 Å². The van der Waals surface area contributed by atoms with E-state index in [-0.39, 0.29) is 12.1 Å². The number of carbonyl (C=O) groups is 1. The van der Waals surface area contributed by atoms with E-state index in [0.717, 1.165) is 61.4 Å². The van der Waals surface area contributed by atoms with Crippen molar-refractivity contribution in [3.8, 4) is 0 Å². The zero-order valence-electron chi connectivity index (χ0n) is 21.6. The Morgan fingerprint density at radius 3 is 2.33 bits per heavy atom. The first-order valence-electron chi connectivity index (χ1n) is 13.3. The Hall–Kier alpha value is -1.63. The van der Waals surface area contributed by atoms with Gasteiger partial charge in [0.15, 0.2) is 0 Å². The molecule has 0 radical (unpaired) electrons.